The number of anilines is 1. The number of aromatic nitrogens is 1. The molecular weight excluding hydrogens is 300 g/mol. The summed E-state index contributed by atoms with van der Waals surface area (Å²) >= 11 is 3.46. The number of aryl methyl sites for hydroxylation is 2. The molecule has 0 aliphatic heterocycles. The molecule has 1 N–H and O–H groups in total. The maximum absolute atomic E-state index is 4.47. The molecule has 0 radical (unpaired) electrons. The van der Waals surface area contributed by atoms with E-state index >= 15 is 0 Å². The average molecular weight is 319 g/mol. The number of halogens is 1. The molecule has 2 aromatic rings. The fraction of sp³-hybridized carbons (Fsp3) is 0.312. The maximum Gasteiger partial charge on any atom is 0.126 e. The van der Waals surface area contributed by atoms with Crippen LogP contribution >= 0.6 is 15.9 Å². The molecule has 0 bridgehead atoms. The predicted octanol–water partition coefficient (Wildman–Crippen LogP) is 4.37. The van der Waals surface area contributed by atoms with Crippen LogP contribution in [0.2, 0.25) is 0 Å². The van der Waals surface area contributed by atoms with Crippen LogP contribution in [0.15, 0.2) is 40.9 Å². The van der Waals surface area contributed by atoms with Crippen molar-refractivity contribution in [2.75, 3.05) is 11.9 Å². The third-order valence-electron chi connectivity index (χ3n) is 3.17. The van der Waals surface area contributed by atoms with Crippen molar-refractivity contribution in [3.05, 3.63) is 57.7 Å². The SMILES string of the molecule is CCc1ccc(CCNc2ccc(Br)c(C)n2)cc1. The molecule has 2 rings (SSSR count). The van der Waals surface area contributed by atoms with E-state index in [4.69, 9.17) is 0 Å². The molecule has 2 nitrogen and oxygen atoms in total. The van der Waals surface area contributed by atoms with Crippen molar-refractivity contribution in [2.45, 2.75) is 26.7 Å². The molecule has 1 aromatic carbocycles. The fourth-order valence-corrected chi connectivity index (χ4v) is 2.14. The smallest absolute Gasteiger partial charge is 0.126 e. The Labute approximate surface area is 123 Å². The first kappa shape index (κ1) is 14.1. The first-order valence-electron chi connectivity index (χ1n) is 6.64. The van der Waals surface area contributed by atoms with Crippen molar-refractivity contribution < 1.29 is 0 Å². The largest absolute Gasteiger partial charge is 0.370 e. The van der Waals surface area contributed by atoms with Crippen LogP contribution in [0.25, 0.3) is 0 Å². The molecule has 0 spiro atoms. The van der Waals surface area contributed by atoms with Crippen molar-refractivity contribution in [3.8, 4) is 0 Å². The summed E-state index contributed by atoms with van der Waals surface area (Å²) in [5, 5.41) is 3.36. The van der Waals surface area contributed by atoms with Crippen molar-refractivity contribution in [1.82, 2.24) is 4.98 Å². The van der Waals surface area contributed by atoms with Gasteiger partial charge in [0.05, 0.1) is 5.69 Å². The van der Waals surface area contributed by atoms with Gasteiger partial charge < -0.3 is 5.32 Å². The minimum absolute atomic E-state index is 0.902. The quantitative estimate of drug-likeness (QED) is 0.885. The van der Waals surface area contributed by atoms with Crippen molar-refractivity contribution >= 4 is 21.7 Å². The number of nitrogens with one attached hydrogen (secondary N) is 1. The van der Waals surface area contributed by atoms with E-state index in [1.54, 1.807) is 0 Å². The predicted molar refractivity (Wildman–Crippen MR) is 84.7 cm³/mol. The van der Waals surface area contributed by atoms with Crippen molar-refractivity contribution in [2.24, 2.45) is 0 Å². The molecule has 1 aromatic heterocycles. The summed E-state index contributed by atoms with van der Waals surface area (Å²) in [5.74, 6) is 0.936. The van der Waals surface area contributed by atoms with Crippen LogP contribution < -0.4 is 5.32 Å². The molecule has 0 atom stereocenters. The Balaban J connectivity index is 1.86. The standard InChI is InChI=1S/C16H19BrN2/c1-3-13-4-6-14(7-5-13)10-11-18-16-9-8-15(17)12(2)19-16/h4-9H,3,10-11H2,1-2H3,(H,18,19). The van der Waals surface area contributed by atoms with E-state index in [1.807, 2.05) is 19.1 Å². The molecule has 19 heavy (non-hydrogen) atoms. The lowest BCUT2D eigenvalue weighted by Crippen LogP contribution is -2.06. The molecule has 0 aliphatic rings. The highest BCUT2D eigenvalue weighted by atomic mass is 79.9. The lowest BCUT2D eigenvalue weighted by atomic mass is 10.1. The van der Waals surface area contributed by atoms with Gasteiger partial charge in [-0.25, -0.2) is 4.98 Å². The van der Waals surface area contributed by atoms with Gasteiger partial charge in [0.1, 0.15) is 5.82 Å². The van der Waals surface area contributed by atoms with Gasteiger partial charge in [0, 0.05) is 11.0 Å². The molecule has 0 amide bonds. The molecule has 1 heterocycles. The van der Waals surface area contributed by atoms with Gasteiger partial charge in [0.2, 0.25) is 0 Å². The van der Waals surface area contributed by atoms with Gasteiger partial charge in [-0.2, -0.15) is 0 Å². The van der Waals surface area contributed by atoms with Gasteiger partial charge in [0.15, 0.2) is 0 Å². The molecule has 0 fully saturated rings. The van der Waals surface area contributed by atoms with Crippen LogP contribution in [-0.4, -0.2) is 11.5 Å². The van der Waals surface area contributed by atoms with Crippen molar-refractivity contribution in [1.29, 1.82) is 0 Å². The summed E-state index contributed by atoms with van der Waals surface area (Å²) in [6, 6.07) is 12.9. The van der Waals surface area contributed by atoms with Gasteiger partial charge >= 0.3 is 0 Å². The Morgan fingerprint density at radius 2 is 1.74 bits per heavy atom. The molecule has 0 aliphatic carbocycles. The normalized spacial score (nSPS) is 10.5. The topological polar surface area (TPSA) is 24.9 Å². The van der Waals surface area contributed by atoms with Gasteiger partial charge in [-0.3, -0.25) is 0 Å². The van der Waals surface area contributed by atoms with Crippen molar-refractivity contribution in [3.63, 3.8) is 0 Å². The van der Waals surface area contributed by atoms with Gasteiger partial charge in [0.25, 0.3) is 0 Å². The van der Waals surface area contributed by atoms with E-state index < -0.39 is 0 Å². The summed E-state index contributed by atoms with van der Waals surface area (Å²) in [6.45, 7) is 5.08. The second-order valence-corrected chi connectivity index (χ2v) is 5.46. The van der Waals surface area contributed by atoms with Gasteiger partial charge in [-0.15, -0.1) is 0 Å². The maximum atomic E-state index is 4.47. The minimum atomic E-state index is 0.902. The van der Waals surface area contributed by atoms with Crippen LogP contribution in [0, 0.1) is 6.92 Å². The van der Waals surface area contributed by atoms with Crippen LogP contribution in [0.5, 0.6) is 0 Å². The lowest BCUT2D eigenvalue weighted by molar-refractivity contribution is 0.995. The molecule has 0 unspecified atom stereocenters. The number of benzene rings is 1. The Morgan fingerprint density at radius 3 is 2.37 bits per heavy atom. The molecule has 3 heteroatoms. The zero-order chi connectivity index (χ0) is 13.7. The van der Waals surface area contributed by atoms with Crippen LogP contribution in [0.1, 0.15) is 23.7 Å². The fourth-order valence-electron chi connectivity index (χ4n) is 1.92. The van der Waals surface area contributed by atoms with Crippen LogP contribution in [0.3, 0.4) is 0 Å². The lowest BCUT2D eigenvalue weighted by Gasteiger charge is -2.07. The second kappa shape index (κ2) is 6.71. The summed E-state index contributed by atoms with van der Waals surface area (Å²) in [5.41, 5.74) is 3.76. The second-order valence-electron chi connectivity index (χ2n) is 4.61. The van der Waals surface area contributed by atoms with E-state index in [0.717, 1.165) is 35.4 Å². The molecule has 100 valence electrons. The number of hydrogen-bond acceptors (Lipinski definition) is 2. The monoisotopic (exact) mass is 318 g/mol. The summed E-state index contributed by atoms with van der Waals surface area (Å²) in [4.78, 5) is 4.47. The minimum Gasteiger partial charge on any atom is -0.370 e. The Bertz CT molecular complexity index is 535. The van der Waals surface area contributed by atoms with Crippen LogP contribution in [0.4, 0.5) is 5.82 Å². The number of rotatable bonds is 5. The number of nitrogens with zero attached hydrogens (tertiary/aromatic N) is 1. The van der Waals surface area contributed by atoms with E-state index in [-0.39, 0.29) is 0 Å². The van der Waals surface area contributed by atoms with E-state index in [0.29, 0.717) is 0 Å². The molecule has 0 saturated heterocycles. The van der Waals surface area contributed by atoms with Gasteiger partial charge in [-0.1, -0.05) is 31.2 Å². The highest BCUT2D eigenvalue weighted by molar-refractivity contribution is 9.10. The summed E-state index contributed by atoms with van der Waals surface area (Å²) in [6.07, 6.45) is 2.11. The zero-order valence-electron chi connectivity index (χ0n) is 11.4. The molecular formula is C16H19BrN2. The first-order valence-corrected chi connectivity index (χ1v) is 7.43. The van der Waals surface area contributed by atoms with E-state index in [2.05, 4.69) is 57.4 Å². The Hall–Kier alpha value is -1.35. The van der Waals surface area contributed by atoms with Crippen LogP contribution in [-0.2, 0) is 12.8 Å². The van der Waals surface area contributed by atoms with E-state index in [1.165, 1.54) is 11.1 Å². The number of pyridine rings is 1. The highest BCUT2D eigenvalue weighted by Crippen LogP contribution is 2.16. The third kappa shape index (κ3) is 4.06. The molecule has 0 saturated carbocycles. The first-order chi connectivity index (χ1) is 9.19. The summed E-state index contributed by atoms with van der Waals surface area (Å²) < 4.78 is 1.05. The Kier molecular flexibility index (Phi) is 4.97. The third-order valence-corrected chi connectivity index (χ3v) is 4.01. The van der Waals surface area contributed by atoms with E-state index in [9.17, 15) is 0 Å². The Morgan fingerprint density at radius 1 is 1.05 bits per heavy atom. The average Bonchev–Trinajstić information content (AvgIpc) is 2.43. The highest BCUT2D eigenvalue weighted by Gasteiger charge is 1.99. The summed E-state index contributed by atoms with van der Waals surface area (Å²) in [7, 11) is 0. The number of hydrogen-bond donors (Lipinski definition) is 1. The zero-order valence-corrected chi connectivity index (χ0v) is 13.0. The van der Waals surface area contributed by atoms with Gasteiger partial charge in [-0.05, 0) is 59.0 Å².